The van der Waals surface area contributed by atoms with Crippen LogP contribution in [0.4, 0.5) is 0 Å². The molecule has 1 rings (SSSR count). The van der Waals surface area contributed by atoms with Crippen molar-refractivity contribution in [2.24, 2.45) is 0 Å². The molecular weight excluding hydrogens is 148 g/mol. The summed E-state index contributed by atoms with van der Waals surface area (Å²) in [5, 5.41) is 8.40. The summed E-state index contributed by atoms with van der Waals surface area (Å²) in [6.07, 6.45) is 7.36. The molecule has 1 aliphatic rings. The molecule has 0 aromatic rings. The first-order valence-electron chi connectivity index (χ1n) is 4.68. The molecule has 2 nitrogen and oxygen atoms in total. The van der Waals surface area contributed by atoms with Gasteiger partial charge in [0.15, 0.2) is 0 Å². The van der Waals surface area contributed by atoms with E-state index < -0.39 is 0 Å². The molecule has 0 aromatic heterocycles. The van der Waals surface area contributed by atoms with E-state index in [1.54, 1.807) is 6.08 Å². The average Bonchev–Trinajstić information content (AvgIpc) is 2.59. The van der Waals surface area contributed by atoms with Gasteiger partial charge in [-0.05, 0) is 32.4 Å². The quantitative estimate of drug-likeness (QED) is 0.596. The number of hydrogen-bond acceptors (Lipinski definition) is 2. The molecule has 0 amide bonds. The summed E-state index contributed by atoms with van der Waals surface area (Å²) in [6, 6.07) is 2.54. The van der Waals surface area contributed by atoms with E-state index in [0.29, 0.717) is 6.04 Å². The summed E-state index contributed by atoms with van der Waals surface area (Å²) in [7, 11) is 0. The van der Waals surface area contributed by atoms with Gasteiger partial charge in [-0.25, -0.2) is 0 Å². The lowest BCUT2D eigenvalue weighted by atomic mass is 10.2. The molecule has 1 unspecified atom stereocenters. The van der Waals surface area contributed by atoms with E-state index in [4.69, 9.17) is 5.26 Å². The summed E-state index contributed by atoms with van der Waals surface area (Å²) >= 11 is 0. The SMILES string of the molecule is CCC(C=CC#N)N1CCCC1. The Kier molecular flexibility index (Phi) is 3.83. The van der Waals surface area contributed by atoms with Crippen LogP contribution >= 0.6 is 0 Å². The molecule has 0 bridgehead atoms. The van der Waals surface area contributed by atoms with Crippen molar-refractivity contribution in [1.82, 2.24) is 4.90 Å². The lowest BCUT2D eigenvalue weighted by molar-refractivity contribution is 0.278. The minimum Gasteiger partial charge on any atom is -0.297 e. The van der Waals surface area contributed by atoms with Gasteiger partial charge in [0.25, 0.3) is 0 Å². The molecule has 66 valence electrons. The first-order chi connectivity index (χ1) is 5.88. The molecule has 2 heteroatoms. The van der Waals surface area contributed by atoms with E-state index in [2.05, 4.69) is 11.8 Å². The molecule has 0 aromatic carbocycles. The highest BCUT2D eigenvalue weighted by Crippen LogP contribution is 2.14. The molecule has 12 heavy (non-hydrogen) atoms. The Labute approximate surface area is 74.5 Å². The van der Waals surface area contributed by atoms with Gasteiger partial charge in [-0.3, -0.25) is 4.90 Å². The average molecular weight is 164 g/mol. The Hall–Kier alpha value is -0.810. The number of rotatable bonds is 3. The van der Waals surface area contributed by atoms with E-state index in [-0.39, 0.29) is 0 Å². The van der Waals surface area contributed by atoms with Crippen molar-refractivity contribution in [3.63, 3.8) is 0 Å². The number of nitriles is 1. The minimum absolute atomic E-state index is 0.493. The Morgan fingerprint density at radius 1 is 1.50 bits per heavy atom. The van der Waals surface area contributed by atoms with Gasteiger partial charge in [0, 0.05) is 12.1 Å². The van der Waals surface area contributed by atoms with Gasteiger partial charge >= 0.3 is 0 Å². The maximum absolute atomic E-state index is 8.40. The van der Waals surface area contributed by atoms with Crippen molar-refractivity contribution in [3.05, 3.63) is 12.2 Å². The lowest BCUT2D eigenvalue weighted by Gasteiger charge is -2.22. The normalized spacial score (nSPS) is 21.3. The highest BCUT2D eigenvalue weighted by atomic mass is 15.2. The van der Waals surface area contributed by atoms with E-state index in [9.17, 15) is 0 Å². The lowest BCUT2D eigenvalue weighted by Crippen LogP contribution is -2.30. The first kappa shape index (κ1) is 9.28. The number of hydrogen-bond donors (Lipinski definition) is 0. The van der Waals surface area contributed by atoms with Gasteiger partial charge in [-0.1, -0.05) is 13.0 Å². The molecule has 1 heterocycles. The van der Waals surface area contributed by atoms with Crippen molar-refractivity contribution >= 4 is 0 Å². The van der Waals surface area contributed by atoms with Crippen LogP contribution in [0.15, 0.2) is 12.2 Å². The van der Waals surface area contributed by atoms with Gasteiger partial charge in [0.2, 0.25) is 0 Å². The van der Waals surface area contributed by atoms with Crippen LogP contribution in [-0.4, -0.2) is 24.0 Å². The van der Waals surface area contributed by atoms with Crippen LogP contribution in [0, 0.1) is 11.3 Å². The maximum Gasteiger partial charge on any atom is 0.0909 e. The standard InChI is InChI=1S/C10H16N2/c1-2-10(6-5-7-11)12-8-3-4-9-12/h5-6,10H,2-4,8-9H2,1H3. The molecule has 0 spiro atoms. The minimum atomic E-state index is 0.493. The number of nitrogens with zero attached hydrogens (tertiary/aromatic N) is 2. The van der Waals surface area contributed by atoms with Crippen LogP contribution in [-0.2, 0) is 0 Å². The second-order valence-corrected chi connectivity index (χ2v) is 3.21. The third-order valence-electron chi connectivity index (χ3n) is 2.42. The van der Waals surface area contributed by atoms with E-state index in [0.717, 1.165) is 6.42 Å². The van der Waals surface area contributed by atoms with Crippen LogP contribution < -0.4 is 0 Å². The molecule has 1 aliphatic heterocycles. The molecule has 0 radical (unpaired) electrons. The second kappa shape index (κ2) is 4.95. The molecule has 1 fully saturated rings. The summed E-state index contributed by atoms with van der Waals surface area (Å²) in [4.78, 5) is 2.45. The Morgan fingerprint density at radius 3 is 2.67 bits per heavy atom. The predicted molar refractivity (Wildman–Crippen MR) is 49.6 cm³/mol. The molecule has 1 saturated heterocycles. The number of likely N-dealkylation sites (tertiary alicyclic amines) is 1. The third kappa shape index (κ3) is 2.35. The maximum atomic E-state index is 8.40. The van der Waals surface area contributed by atoms with Gasteiger partial charge in [-0.15, -0.1) is 0 Å². The highest BCUT2D eigenvalue weighted by molar-refractivity contribution is 5.06. The topological polar surface area (TPSA) is 27.0 Å². The fourth-order valence-corrected chi connectivity index (χ4v) is 1.74. The van der Waals surface area contributed by atoms with E-state index in [1.807, 2.05) is 12.1 Å². The fraction of sp³-hybridized carbons (Fsp3) is 0.700. The largest absolute Gasteiger partial charge is 0.297 e. The molecule has 0 N–H and O–H groups in total. The van der Waals surface area contributed by atoms with Crippen LogP contribution in [0.5, 0.6) is 0 Å². The summed E-state index contributed by atoms with van der Waals surface area (Å²) in [5.74, 6) is 0. The summed E-state index contributed by atoms with van der Waals surface area (Å²) < 4.78 is 0. The van der Waals surface area contributed by atoms with Gasteiger partial charge in [0.1, 0.15) is 0 Å². The first-order valence-corrected chi connectivity index (χ1v) is 4.68. The van der Waals surface area contributed by atoms with Crippen molar-refractivity contribution in [3.8, 4) is 6.07 Å². The zero-order chi connectivity index (χ0) is 8.81. The van der Waals surface area contributed by atoms with E-state index in [1.165, 1.54) is 25.9 Å². The van der Waals surface area contributed by atoms with Crippen LogP contribution in [0.25, 0.3) is 0 Å². The predicted octanol–water partition coefficient (Wildman–Crippen LogP) is 1.94. The van der Waals surface area contributed by atoms with Crippen LogP contribution in [0.1, 0.15) is 26.2 Å². The van der Waals surface area contributed by atoms with Gasteiger partial charge < -0.3 is 0 Å². The van der Waals surface area contributed by atoms with Crippen LogP contribution in [0.3, 0.4) is 0 Å². The monoisotopic (exact) mass is 164 g/mol. The third-order valence-corrected chi connectivity index (χ3v) is 2.42. The fourth-order valence-electron chi connectivity index (χ4n) is 1.74. The molecule has 0 saturated carbocycles. The summed E-state index contributed by atoms with van der Waals surface area (Å²) in [5.41, 5.74) is 0. The highest BCUT2D eigenvalue weighted by Gasteiger charge is 2.17. The second-order valence-electron chi connectivity index (χ2n) is 3.21. The molecule has 1 atom stereocenters. The Balaban J connectivity index is 2.44. The van der Waals surface area contributed by atoms with Gasteiger partial charge in [-0.2, -0.15) is 5.26 Å². The zero-order valence-electron chi connectivity index (χ0n) is 7.66. The Morgan fingerprint density at radius 2 is 2.17 bits per heavy atom. The van der Waals surface area contributed by atoms with Crippen molar-refractivity contribution in [2.45, 2.75) is 32.2 Å². The van der Waals surface area contributed by atoms with Crippen molar-refractivity contribution in [1.29, 1.82) is 5.26 Å². The van der Waals surface area contributed by atoms with Crippen molar-refractivity contribution in [2.75, 3.05) is 13.1 Å². The zero-order valence-corrected chi connectivity index (χ0v) is 7.66. The van der Waals surface area contributed by atoms with E-state index >= 15 is 0 Å². The van der Waals surface area contributed by atoms with Crippen molar-refractivity contribution < 1.29 is 0 Å². The van der Waals surface area contributed by atoms with Crippen LogP contribution in [0.2, 0.25) is 0 Å². The molecule has 0 aliphatic carbocycles. The summed E-state index contributed by atoms with van der Waals surface area (Å²) in [6.45, 7) is 4.58. The smallest absolute Gasteiger partial charge is 0.0909 e. The Bertz CT molecular complexity index is 185. The molecular formula is C10H16N2. The van der Waals surface area contributed by atoms with Gasteiger partial charge in [0.05, 0.1) is 6.07 Å². The number of allylic oxidation sites excluding steroid dienone is 1.